The highest BCUT2D eigenvalue weighted by atomic mass is 16.5. The van der Waals surface area contributed by atoms with Crippen LogP contribution in [0.1, 0.15) is 21.7 Å². The molecule has 0 amide bonds. The van der Waals surface area contributed by atoms with Gasteiger partial charge in [-0.15, -0.1) is 10.2 Å². The Morgan fingerprint density at radius 3 is 2.71 bits per heavy atom. The van der Waals surface area contributed by atoms with Crippen molar-refractivity contribution in [3.05, 3.63) is 69.8 Å². The minimum absolute atomic E-state index is 0.123. The normalized spacial score (nSPS) is 11.1. The van der Waals surface area contributed by atoms with E-state index in [2.05, 4.69) is 15.5 Å². The van der Waals surface area contributed by atoms with E-state index >= 15 is 0 Å². The molecule has 0 bridgehead atoms. The van der Waals surface area contributed by atoms with Gasteiger partial charge < -0.3 is 10.1 Å². The van der Waals surface area contributed by atoms with Crippen LogP contribution in [0.15, 0.2) is 47.3 Å². The lowest BCUT2D eigenvalue weighted by atomic mass is 10.1. The molecule has 0 aliphatic rings. The quantitative estimate of drug-likeness (QED) is 0.549. The van der Waals surface area contributed by atoms with Crippen molar-refractivity contribution in [2.75, 3.05) is 12.4 Å². The van der Waals surface area contributed by atoms with Crippen molar-refractivity contribution >= 4 is 28.3 Å². The van der Waals surface area contributed by atoms with Gasteiger partial charge in [-0.3, -0.25) is 13.8 Å². The van der Waals surface area contributed by atoms with Gasteiger partial charge in [-0.2, -0.15) is 0 Å². The van der Waals surface area contributed by atoms with Gasteiger partial charge in [0.15, 0.2) is 5.82 Å². The molecule has 4 aromatic rings. The maximum Gasteiger partial charge on any atom is 0.340 e. The fourth-order valence-corrected chi connectivity index (χ4v) is 3.37. The number of ether oxygens (including phenoxy) is 1. The molecule has 4 rings (SSSR count). The van der Waals surface area contributed by atoms with E-state index in [4.69, 9.17) is 4.74 Å². The fraction of sp³-hybridized carbons (Fsp3) is 0.200. The standard InChI is InChI=1S/C20H19N5O3/c1-12-7-6-9-14(17(12)19(27)28-3)21-11-16-22-23-20-24(2)18(26)13-8-4-5-10-15(13)25(16)20/h4-10,21H,11H2,1-3H3. The number of methoxy groups -OCH3 is 1. The first-order valence-corrected chi connectivity index (χ1v) is 8.76. The van der Waals surface area contributed by atoms with Crippen LogP contribution in [0.4, 0.5) is 5.69 Å². The number of aromatic nitrogens is 4. The smallest absolute Gasteiger partial charge is 0.340 e. The molecule has 2 aromatic heterocycles. The second-order valence-corrected chi connectivity index (χ2v) is 6.48. The van der Waals surface area contributed by atoms with Gasteiger partial charge in [-0.25, -0.2) is 4.79 Å². The minimum Gasteiger partial charge on any atom is -0.465 e. The van der Waals surface area contributed by atoms with Crippen molar-refractivity contribution in [1.29, 1.82) is 0 Å². The molecular formula is C20H19N5O3. The second-order valence-electron chi connectivity index (χ2n) is 6.48. The van der Waals surface area contributed by atoms with Gasteiger partial charge in [0.25, 0.3) is 5.56 Å². The Kier molecular flexibility index (Phi) is 4.31. The van der Waals surface area contributed by atoms with Crippen molar-refractivity contribution in [3.8, 4) is 0 Å². The van der Waals surface area contributed by atoms with Crippen LogP contribution in [-0.4, -0.2) is 32.2 Å². The Bertz CT molecular complexity index is 1270. The molecule has 0 radical (unpaired) electrons. The van der Waals surface area contributed by atoms with Gasteiger partial charge in [-0.05, 0) is 30.7 Å². The van der Waals surface area contributed by atoms with Crippen molar-refractivity contribution in [2.45, 2.75) is 13.5 Å². The fourth-order valence-electron chi connectivity index (χ4n) is 3.37. The number of fused-ring (bicyclic) bond motifs is 3. The van der Waals surface area contributed by atoms with E-state index in [9.17, 15) is 9.59 Å². The van der Waals surface area contributed by atoms with Crippen molar-refractivity contribution in [3.63, 3.8) is 0 Å². The Hall–Kier alpha value is -3.68. The topological polar surface area (TPSA) is 90.5 Å². The van der Waals surface area contributed by atoms with Gasteiger partial charge in [0.1, 0.15) is 0 Å². The summed E-state index contributed by atoms with van der Waals surface area (Å²) >= 11 is 0. The molecule has 0 spiro atoms. The molecule has 28 heavy (non-hydrogen) atoms. The van der Waals surface area contributed by atoms with Gasteiger partial charge in [0, 0.05) is 12.7 Å². The molecule has 0 atom stereocenters. The summed E-state index contributed by atoms with van der Waals surface area (Å²) in [7, 11) is 3.03. The van der Waals surface area contributed by atoms with Gasteiger partial charge in [0.05, 0.1) is 30.1 Å². The van der Waals surface area contributed by atoms with E-state index in [1.807, 2.05) is 47.7 Å². The maximum absolute atomic E-state index is 12.5. The maximum atomic E-state index is 12.5. The van der Waals surface area contributed by atoms with E-state index in [0.29, 0.717) is 34.8 Å². The van der Waals surface area contributed by atoms with Crippen LogP contribution in [0.3, 0.4) is 0 Å². The third-order valence-corrected chi connectivity index (χ3v) is 4.79. The van der Waals surface area contributed by atoms with Crippen molar-refractivity contribution in [1.82, 2.24) is 19.2 Å². The highest BCUT2D eigenvalue weighted by Crippen LogP contribution is 2.22. The zero-order valence-corrected chi connectivity index (χ0v) is 15.8. The van der Waals surface area contributed by atoms with E-state index < -0.39 is 5.97 Å². The number of nitrogens with one attached hydrogen (secondary N) is 1. The summed E-state index contributed by atoms with van der Waals surface area (Å²) in [6, 6.07) is 12.9. The van der Waals surface area contributed by atoms with Gasteiger partial charge in [0.2, 0.25) is 5.78 Å². The molecular weight excluding hydrogens is 358 g/mol. The number of hydrogen-bond acceptors (Lipinski definition) is 6. The molecule has 8 heteroatoms. The predicted molar refractivity (Wildman–Crippen MR) is 106 cm³/mol. The minimum atomic E-state index is -0.403. The number of aryl methyl sites for hydroxylation is 2. The predicted octanol–water partition coefficient (Wildman–Crippen LogP) is 2.29. The number of nitrogens with zero attached hydrogens (tertiary/aromatic N) is 4. The van der Waals surface area contributed by atoms with E-state index in [-0.39, 0.29) is 5.56 Å². The molecule has 2 aromatic carbocycles. The summed E-state index contributed by atoms with van der Waals surface area (Å²) in [5.74, 6) is 0.677. The molecule has 1 N–H and O–H groups in total. The summed E-state index contributed by atoms with van der Waals surface area (Å²) in [4.78, 5) is 24.7. The average Bonchev–Trinajstić information content (AvgIpc) is 3.14. The van der Waals surface area contributed by atoms with Crippen LogP contribution in [0, 0.1) is 6.92 Å². The summed E-state index contributed by atoms with van der Waals surface area (Å²) in [6.45, 7) is 2.17. The number of anilines is 1. The van der Waals surface area contributed by atoms with Crippen molar-refractivity contribution < 1.29 is 9.53 Å². The average molecular weight is 377 g/mol. The number of carbonyl (C=O) groups excluding carboxylic acids is 1. The Morgan fingerprint density at radius 2 is 1.93 bits per heavy atom. The lowest BCUT2D eigenvalue weighted by molar-refractivity contribution is 0.0601. The Morgan fingerprint density at radius 1 is 1.14 bits per heavy atom. The van der Waals surface area contributed by atoms with Crippen LogP contribution in [-0.2, 0) is 18.3 Å². The van der Waals surface area contributed by atoms with Crippen LogP contribution >= 0.6 is 0 Å². The first kappa shape index (κ1) is 17.7. The number of carbonyl (C=O) groups is 1. The molecule has 0 aliphatic heterocycles. The summed E-state index contributed by atoms with van der Waals surface area (Å²) in [5, 5.41) is 12.3. The van der Waals surface area contributed by atoms with Gasteiger partial charge in [-0.1, -0.05) is 24.3 Å². The van der Waals surface area contributed by atoms with Crippen LogP contribution in [0.5, 0.6) is 0 Å². The molecule has 0 saturated carbocycles. The molecule has 142 valence electrons. The SMILES string of the molecule is COC(=O)c1c(C)cccc1NCc1nnc2n(C)c(=O)c3ccccc3n12. The number of rotatable bonds is 4. The first-order valence-electron chi connectivity index (χ1n) is 8.76. The highest BCUT2D eigenvalue weighted by molar-refractivity contribution is 5.97. The number of esters is 1. The van der Waals surface area contributed by atoms with Crippen LogP contribution in [0.25, 0.3) is 16.7 Å². The summed E-state index contributed by atoms with van der Waals surface area (Å²) in [5.41, 5.74) is 2.56. The molecule has 0 aliphatic carbocycles. The third kappa shape index (κ3) is 2.70. The van der Waals surface area contributed by atoms with E-state index in [0.717, 1.165) is 11.1 Å². The number of hydrogen-bond donors (Lipinski definition) is 1. The second kappa shape index (κ2) is 6.80. The van der Waals surface area contributed by atoms with E-state index in [1.165, 1.54) is 11.7 Å². The van der Waals surface area contributed by atoms with Crippen molar-refractivity contribution in [2.24, 2.45) is 7.05 Å². The first-order chi connectivity index (χ1) is 13.5. The zero-order chi connectivity index (χ0) is 19.8. The van der Waals surface area contributed by atoms with E-state index in [1.54, 1.807) is 13.1 Å². The monoisotopic (exact) mass is 377 g/mol. The van der Waals surface area contributed by atoms with Crippen LogP contribution in [0.2, 0.25) is 0 Å². The number of benzene rings is 2. The third-order valence-electron chi connectivity index (χ3n) is 4.79. The lowest BCUT2D eigenvalue weighted by Gasteiger charge is -2.13. The highest BCUT2D eigenvalue weighted by Gasteiger charge is 2.17. The lowest BCUT2D eigenvalue weighted by Crippen LogP contribution is -2.20. The molecule has 2 heterocycles. The zero-order valence-electron chi connectivity index (χ0n) is 15.8. The molecule has 8 nitrogen and oxygen atoms in total. The van der Waals surface area contributed by atoms with Gasteiger partial charge >= 0.3 is 5.97 Å². The molecule has 0 fully saturated rings. The largest absolute Gasteiger partial charge is 0.465 e. The summed E-state index contributed by atoms with van der Waals surface area (Å²) < 4.78 is 8.22. The Labute approximate surface area is 160 Å². The number of para-hydroxylation sites is 1. The Balaban J connectivity index is 1.80. The molecule has 0 unspecified atom stereocenters. The summed E-state index contributed by atoms with van der Waals surface area (Å²) in [6.07, 6.45) is 0. The van der Waals surface area contributed by atoms with Crippen LogP contribution < -0.4 is 10.9 Å². The molecule has 0 saturated heterocycles.